The summed E-state index contributed by atoms with van der Waals surface area (Å²) < 4.78 is 94.2. The van der Waals surface area contributed by atoms with Gasteiger partial charge in [-0.05, 0) is 31.0 Å². The largest absolute Gasteiger partial charge is 0.392 e. The highest BCUT2D eigenvalue weighted by molar-refractivity contribution is 7.89. The van der Waals surface area contributed by atoms with Crippen molar-refractivity contribution in [1.82, 2.24) is 4.31 Å². The Hall–Kier alpha value is -2.57. The highest BCUT2D eigenvalue weighted by atomic mass is 32.2. The maximum atomic E-state index is 14.3. The van der Waals surface area contributed by atoms with Crippen LogP contribution in [-0.4, -0.2) is 49.1 Å². The van der Waals surface area contributed by atoms with Gasteiger partial charge in [-0.1, -0.05) is 0 Å². The predicted molar refractivity (Wildman–Crippen MR) is 99.6 cm³/mol. The number of rotatable bonds is 4. The van der Waals surface area contributed by atoms with Crippen molar-refractivity contribution in [2.75, 3.05) is 18.4 Å². The first kappa shape index (κ1) is 23.1. The summed E-state index contributed by atoms with van der Waals surface area (Å²) in [6.07, 6.45) is -2.75. The number of halogens is 5. The fourth-order valence-corrected chi connectivity index (χ4v) is 4.69. The van der Waals surface area contributed by atoms with E-state index in [0.29, 0.717) is 28.6 Å². The molecule has 1 amide bonds. The number of alkyl halides is 1. The zero-order valence-corrected chi connectivity index (χ0v) is 16.6. The lowest BCUT2D eigenvalue weighted by atomic mass is 10.2. The Labute approximate surface area is 174 Å². The quantitative estimate of drug-likeness (QED) is 0.538. The minimum atomic E-state index is -4.62. The van der Waals surface area contributed by atoms with Gasteiger partial charge in [-0.15, -0.1) is 0 Å². The summed E-state index contributed by atoms with van der Waals surface area (Å²) in [5.41, 5.74) is -0.844. The normalized spacial score (nSPS) is 20.3. The van der Waals surface area contributed by atoms with Crippen LogP contribution in [0.15, 0.2) is 35.2 Å². The van der Waals surface area contributed by atoms with Gasteiger partial charge in [0, 0.05) is 36.5 Å². The van der Waals surface area contributed by atoms with Crippen molar-refractivity contribution in [3.63, 3.8) is 0 Å². The Morgan fingerprint density at radius 1 is 1.00 bits per heavy atom. The first-order chi connectivity index (χ1) is 14.5. The van der Waals surface area contributed by atoms with Gasteiger partial charge in [-0.2, -0.15) is 4.31 Å². The molecule has 1 aliphatic rings. The van der Waals surface area contributed by atoms with Gasteiger partial charge in [0.15, 0.2) is 17.5 Å². The molecule has 6 nitrogen and oxygen atoms in total. The summed E-state index contributed by atoms with van der Waals surface area (Å²) >= 11 is 0. The van der Waals surface area contributed by atoms with Crippen molar-refractivity contribution >= 4 is 21.6 Å². The van der Waals surface area contributed by atoms with Gasteiger partial charge in [0.25, 0.3) is 5.91 Å². The number of hydrogen-bond donors (Lipinski definition) is 2. The van der Waals surface area contributed by atoms with Crippen LogP contribution in [0.1, 0.15) is 23.2 Å². The molecule has 0 aromatic heterocycles. The van der Waals surface area contributed by atoms with Crippen LogP contribution in [0.25, 0.3) is 0 Å². The number of anilines is 1. The van der Waals surface area contributed by atoms with Crippen LogP contribution in [0.2, 0.25) is 0 Å². The summed E-state index contributed by atoms with van der Waals surface area (Å²) in [6, 6.07) is 3.32. The summed E-state index contributed by atoms with van der Waals surface area (Å²) in [6.45, 7) is -1.05. The summed E-state index contributed by atoms with van der Waals surface area (Å²) in [7, 11) is -4.62. The van der Waals surface area contributed by atoms with Gasteiger partial charge in [0.1, 0.15) is 16.9 Å². The maximum absolute atomic E-state index is 14.3. The molecular formula is C19H17F5N2O4S. The number of aliphatic hydroxyl groups excluding tert-OH is 1. The minimum Gasteiger partial charge on any atom is -0.392 e. The zero-order valence-electron chi connectivity index (χ0n) is 15.8. The highest BCUT2D eigenvalue weighted by Gasteiger charge is 2.34. The van der Waals surface area contributed by atoms with Crippen LogP contribution in [-0.2, 0) is 10.0 Å². The Morgan fingerprint density at radius 3 is 2.29 bits per heavy atom. The van der Waals surface area contributed by atoms with Crippen molar-refractivity contribution in [1.29, 1.82) is 0 Å². The molecule has 0 bridgehead atoms. The molecule has 1 heterocycles. The fraction of sp³-hybridized carbons (Fsp3) is 0.316. The molecule has 0 radical (unpaired) electrons. The summed E-state index contributed by atoms with van der Waals surface area (Å²) in [5.74, 6) is -7.12. The van der Waals surface area contributed by atoms with Crippen LogP contribution < -0.4 is 5.32 Å². The van der Waals surface area contributed by atoms with E-state index >= 15 is 0 Å². The number of hydrogen-bond acceptors (Lipinski definition) is 4. The van der Waals surface area contributed by atoms with Crippen LogP contribution in [0, 0.1) is 23.3 Å². The molecule has 2 unspecified atom stereocenters. The van der Waals surface area contributed by atoms with E-state index in [2.05, 4.69) is 5.32 Å². The van der Waals surface area contributed by atoms with Crippen LogP contribution in [0.3, 0.4) is 0 Å². The molecule has 1 fully saturated rings. The highest BCUT2D eigenvalue weighted by Crippen LogP contribution is 2.25. The number of carbonyl (C=O) groups is 1. The average Bonchev–Trinajstić information content (AvgIpc) is 2.87. The van der Waals surface area contributed by atoms with E-state index in [9.17, 15) is 40.3 Å². The standard InChI is InChI=1S/C19H17F5N2O4S/c20-11-2-3-13(27)9-26(8-11)31(29,30)17-5-10(1-4-14(17)21)19(28)25-12-6-15(22)18(24)16(23)7-12/h1,4-7,11,13,27H,2-3,8-9H2,(H,25,28). The molecule has 2 N–H and O–H groups in total. The number of amides is 1. The van der Waals surface area contributed by atoms with Crippen molar-refractivity contribution < 1.29 is 40.3 Å². The third-order valence-electron chi connectivity index (χ3n) is 4.68. The average molecular weight is 464 g/mol. The number of nitrogens with one attached hydrogen (secondary N) is 1. The van der Waals surface area contributed by atoms with Gasteiger partial charge in [0.2, 0.25) is 10.0 Å². The molecule has 2 aromatic carbocycles. The monoisotopic (exact) mass is 464 g/mol. The lowest BCUT2D eigenvalue weighted by Gasteiger charge is -2.23. The van der Waals surface area contributed by atoms with Crippen LogP contribution >= 0.6 is 0 Å². The smallest absolute Gasteiger partial charge is 0.255 e. The molecule has 2 atom stereocenters. The van der Waals surface area contributed by atoms with Crippen molar-refractivity contribution in [2.45, 2.75) is 30.0 Å². The van der Waals surface area contributed by atoms with Gasteiger partial charge >= 0.3 is 0 Å². The van der Waals surface area contributed by atoms with E-state index in [1.54, 1.807) is 0 Å². The fourth-order valence-electron chi connectivity index (χ4n) is 3.09. The van der Waals surface area contributed by atoms with Gasteiger partial charge in [-0.3, -0.25) is 4.79 Å². The van der Waals surface area contributed by atoms with Gasteiger partial charge in [0.05, 0.1) is 6.10 Å². The number of carbonyl (C=O) groups excluding carboxylic acids is 1. The number of nitrogens with zero attached hydrogens (tertiary/aromatic N) is 1. The van der Waals surface area contributed by atoms with E-state index < -0.39 is 80.7 Å². The van der Waals surface area contributed by atoms with Gasteiger partial charge in [-0.25, -0.2) is 30.4 Å². The Bertz CT molecular complexity index is 1080. The molecule has 1 aliphatic heterocycles. The van der Waals surface area contributed by atoms with Crippen molar-refractivity contribution in [2.24, 2.45) is 0 Å². The second-order valence-electron chi connectivity index (χ2n) is 7.00. The molecule has 3 rings (SSSR count). The molecule has 0 spiro atoms. The maximum Gasteiger partial charge on any atom is 0.255 e. The number of β-amino-alcohol motifs (C(OH)–C–C–N with tert-alkyl or cyclic N) is 1. The zero-order chi connectivity index (χ0) is 22.9. The molecule has 0 aliphatic carbocycles. The second kappa shape index (κ2) is 8.89. The third kappa shape index (κ3) is 5.02. The van der Waals surface area contributed by atoms with E-state index in [4.69, 9.17) is 0 Å². The third-order valence-corrected chi connectivity index (χ3v) is 6.53. The van der Waals surface area contributed by atoms with Crippen molar-refractivity contribution in [3.8, 4) is 0 Å². The Balaban J connectivity index is 1.91. The SMILES string of the molecule is O=C(Nc1cc(F)c(F)c(F)c1)c1ccc(F)c(S(=O)(=O)N2CC(O)CCC(F)C2)c1. The number of aliphatic hydroxyl groups is 1. The predicted octanol–water partition coefficient (Wildman–Crippen LogP) is 2.98. The van der Waals surface area contributed by atoms with Crippen LogP contribution in [0.5, 0.6) is 0 Å². The Morgan fingerprint density at radius 2 is 1.65 bits per heavy atom. The molecule has 1 saturated heterocycles. The molecule has 2 aromatic rings. The molecule has 0 saturated carbocycles. The number of sulfonamides is 1. The lowest BCUT2D eigenvalue weighted by molar-refractivity contribution is 0.102. The van der Waals surface area contributed by atoms with E-state index in [1.165, 1.54) is 0 Å². The minimum absolute atomic E-state index is 0.0307. The second-order valence-corrected chi connectivity index (χ2v) is 8.91. The summed E-state index contributed by atoms with van der Waals surface area (Å²) in [4.78, 5) is 11.4. The lowest BCUT2D eigenvalue weighted by Crippen LogP contribution is -2.38. The first-order valence-electron chi connectivity index (χ1n) is 9.06. The molecule has 31 heavy (non-hydrogen) atoms. The van der Waals surface area contributed by atoms with E-state index in [1.807, 2.05) is 0 Å². The van der Waals surface area contributed by atoms with E-state index in [-0.39, 0.29) is 12.8 Å². The topological polar surface area (TPSA) is 86.7 Å². The van der Waals surface area contributed by atoms with Gasteiger partial charge < -0.3 is 10.4 Å². The summed E-state index contributed by atoms with van der Waals surface area (Å²) in [5, 5.41) is 11.9. The Kier molecular flexibility index (Phi) is 6.62. The number of benzene rings is 2. The molecule has 168 valence electrons. The van der Waals surface area contributed by atoms with Crippen LogP contribution in [0.4, 0.5) is 27.6 Å². The van der Waals surface area contributed by atoms with Crippen molar-refractivity contribution in [3.05, 3.63) is 59.2 Å². The molecular weight excluding hydrogens is 447 g/mol. The van der Waals surface area contributed by atoms with E-state index in [0.717, 1.165) is 6.07 Å². The molecule has 12 heteroatoms. The first-order valence-corrected chi connectivity index (χ1v) is 10.5.